The van der Waals surface area contributed by atoms with Crippen LogP contribution in [-0.2, 0) is 18.5 Å². The molecule has 11 nitrogen and oxygen atoms in total. The summed E-state index contributed by atoms with van der Waals surface area (Å²) in [5.41, 5.74) is 1.56. The highest BCUT2D eigenvalue weighted by Crippen LogP contribution is 2.29. The van der Waals surface area contributed by atoms with Crippen molar-refractivity contribution in [2.75, 3.05) is 17.2 Å². The van der Waals surface area contributed by atoms with E-state index in [0.717, 1.165) is 29.4 Å². The van der Waals surface area contributed by atoms with Gasteiger partial charge in [-0.3, -0.25) is 4.68 Å². The molecular weight excluding hydrogens is 440 g/mol. The van der Waals surface area contributed by atoms with Crippen molar-refractivity contribution in [3.05, 3.63) is 24.7 Å². The molecule has 0 aliphatic heterocycles. The Labute approximate surface area is 193 Å². The van der Waals surface area contributed by atoms with Crippen LogP contribution in [0.2, 0.25) is 25.7 Å². The van der Waals surface area contributed by atoms with Crippen LogP contribution in [0.25, 0.3) is 11.0 Å². The van der Waals surface area contributed by atoms with Gasteiger partial charge in [0.15, 0.2) is 0 Å². The van der Waals surface area contributed by atoms with Crippen LogP contribution >= 0.6 is 0 Å². The van der Waals surface area contributed by atoms with Gasteiger partial charge in [-0.1, -0.05) is 19.6 Å². The summed E-state index contributed by atoms with van der Waals surface area (Å²) in [6, 6.07) is 3.20. The van der Waals surface area contributed by atoms with Crippen LogP contribution in [0.15, 0.2) is 24.7 Å². The number of nitrogens with one attached hydrogen (secondary N) is 3. The molecule has 4 N–H and O–H groups in total. The molecule has 4 rings (SSSR count). The molecule has 1 fully saturated rings. The Hall–Kier alpha value is -3.12. The minimum absolute atomic E-state index is 0.0327. The van der Waals surface area contributed by atoms with Gasteiger partial charge >= 0.3 is 6.09 Å². The molecule has 1 aliphatic rings. The van der Waals surface area contributed by atoms with Crippen molar-refractivity contribution in [3.8, 4) is 0 Å². The van der Waals surface area contributed by atoms with E-state index in [1.807, 2.05) is 30.1 Å². The molecule has 3 heterocycles. The molecule has 0 aromatic carbocycles. The van der Waals surface area contributed by atoms with Gasteiger partial charge in [-0.2, -0.15) is 15.1 Å². The second-order valence-corrected chi connectivity index (χ2v) is 15.4. The Morgan fingerprint density at radius 3 is 2.73 bits per heavy atom. The standard InChI is InChI=1S/C21H32N8O3Si/c1-28-12-16(11-22-28)24-20-26-18(23-14-9-15(10-14)25-21(30)31)17-5-6-29(19(17)27-20)13-32-7-8-33(2,3)4/h5-6,11-12,14-15,25H,7-10,13H2,1-4H3,(H,30,31)(H2,23,24,26,27). The van der Waals surface area contributed by atoms with Gasteiger partial charge in [-0.15, -0.1) is 0 Å². The first kappa shape index (κ1) is 23.0. The van der Waals surface area contributed by atoms with Crippen molar-refractivity contribution in [2.45, 2.75) is 57.3 Å². The number of ether oxygens (including phenoxy) is 1. The monoisotopic (exact) mass is 472 g/mol. The SMILES string of the molecule is Cn1cc(Nc2nc(NC3CC(NC(=O)O)C3)c3ccn(COCC[Si](C)(C)C)c3n2)cn1. The number of fused-ring (bicyclic) bond motifs is 1. The van der Waals surface area contributed by atoms with E-state index >= 15 is 0 Å². The highest BCUT2D eigenvalue weighted by Gasteiger charge is 2.31. The van der Waals surface area contributed by atoms with Crippen molar-refractivity contribution >= 4 is 42.7 Å². The second kappa shape index (κ2) is 9.39. The van der Waals surface area contributed by atoms with Gasteiger partial charge in [0.2, 0.25) is 5.95 Å². The second-order valence-electron chi connectivity index (χ2n) is 9.75. The molecule has 12 heteroatoms. The van der Waals surface area contributed by atoms with Crippen molar-refractivity contribution in [1.29, 1.82) is 0 Å². The average molecular weight is 473 g/mol. The van der Waals surface area contributed by atoms with Gasteiger partial charge in [-0.05, 0) is 25.0 Å². The molecular formula is C21H32N8O3Si. The number of carboxylic acid groups (broad SMARTS) is 1. The fourth-order valence-electron chi connectivity index (χ4n) is 3.71. The van der Waals surface area contributed by atoms with Gasteiger partial charge in [0.05, 0.1) is 17.3 Å². The normalized spacial score (nSPS) is 18.2. The zero-order valence-corrected chi connectivity index (χ0v) is 20.5. The Morgan fingerprint density at radius 2 is 2.06 bits per heavy atom. The first-order valence-electron chi connectivity index (χ1n) is 11.1. The van der Waals surface area contributed by atoms with Crippen molar-refractivity contribution < 1.29 is 14.6 Å². The summed E-state index contributed by atoms with van der Waals surface area (Å²) in [5, 5.41) is 23.2. The molecule has 1 saturated carbocycles. The molecule has 3 aromatic heterocycles. The smallest absolute Gasteiger partial charge is 0.404 e. The molecule has 0 atom stereocenters. The van der Waals surface area contributed by atoms with E-state index in [9.17, 15) is 4.79 Å². The van der Waals surface area contributed by atoms with E-state index in [-0.39, 0.29) is 12.1 Å². The third kappa shape index (κ3) is 6.02. The van der Waals surface area contributed by atoms with Crippen molar-refractivity contribution in [2.24, 2.45) is 7.05 Å². The Bertz CT molecular complexity index is 1120. The van der Waals surface area contributed by atoms with Crippen LogP contribution in [-0.4, -0.2) is 62.3 Å². The number of hydrogen-bond donors (Lipinski definition) is 4. The van der Waals surface area contributed by atoms with Crippen LogP contribution < -0.4 is 16.0 Å². The van der Waals surface area contributed by atoms with Gasteiger partial charge < -0.3 is 30.4 Å². The lowest BCUT2D eigenvalue weighted by Crippen LogP contribution is -2.49. The van der Waals surface area contributed by atoms with E-state index < -0.39 is 14.2 Å². The maximum atomic E-state index is 10.8. The van der Waals surface area contributed by atoms with E-state index in [1.54, 1.807) is 10.9 Å². The van der Waals surface area contributed by atoms with Gasteiger partial charge in [0, 0.05) is 46.2 Å². The number of aryl methyl sites for hydroxylation is 1. The van der Waals surface area contributed by atoms with Crippen LogP contribution in [0.4, 0.5) is 22.2 Å². The van der Waals surface area contributed by atoms with E-state index in [2.05, 4.69) is 40.7 Å². The summed E-state index contributed by atoms with van der Waals surface area (Å²) < 4.78 is 9.64. The van der Waals surface area contributed by atoms with E-state index in [1.165, 1.54) is 0 Å². The predicted molar refractivity (Wildman–Crippen MR) is 130 cm³/mol. The van der Waals surface area contributed by atoms with Gasteiger partial charge in [0.1, 0.15) is 18.2 Å². The molecule has 0 saturated heterocycles. The summed E-state index contributed by atoms with van der Waals surface area (Å²) in [5.74, 6) is 1.17. The molecule has 1 aliphatic carbocycles. The fourth-order valence-corrected chi connectivity index (χ4v) is 4.47. The van der Waals surface area contributed by atoms with E-state index in [0.29, 0.717) is 31.3 Å². The predicted octanol–water partition coefficient (Wildman–Crippen LogP) is 3.43. The molecule has 33 heavy (non-hydrogen) atoms. The molecule has 0 bridgehead atoms. The lowest BCUT2D eigenvalue weighted by Gasteiger charge is -2.35. The number of aromatic nitrogens is 5. The Kier molecular flexibility index (Phi) is 6.56. The van der Waals surface area contributed by atoms with Crippen LogP contribution in [0, 0.1) is 0 Å². The maximum absolute atomic E-state index is 10.8. The lowest BCUT2D eigenvalue weighted by molar-refractivity contribution is 0.0899. The fraction of sp³-hybridized carbons (Fsp3) is 0.524. The number of nitrogens with zero attached hydrogens (tertiary/aromatic N) is 5. The third-order valence-corrected chi connectivity index (χ3v) is 7.32. The summed E-state index contributed by atoms with van der Waals surface area (Å²) in [6.45, 7) is 8.15. The Balaban J connectivity index is 1.53. The van der Waals surface area contributed by atoms with Crippen LogP contribution in [0.5, 0.6) is 0 Å². The quantitative estimate of drug-likeness (QED) is 0.261. The molecule has 0 spiro atoms. The van der Waals surface area contributed by atoms with Crippen LogP contribution in [0.3, 0.4) is 0 Å². The van der Waals surface area contributed by atoms with E-state index in [4.69, 9.17) is 19.8 Å². The van der Waals surface area contributed by atoms with Crippen molar-refractivity contribution in [3.63, 3.8) is 0 Å². The minimum atomic E-state index is -1.15. The Morgan fingerprint density at radius 1 is 1.27 bits per heavy atom. The zero-order valence-electron chi connectivity index (χ0n) is 19.5. The van der Waals surface area contributed by atoms with Crippen LogP contribution in [0.1, 0.15) is 12.8 Å². The number of amides is 1. The maximum Gasteiger partial charge on any atom is 0.404 e. The topological polar surface area (TPSA) is 131 Å². The largest absolute Gasteiger partial charge is 0.465 e. The highest BCUT2D eigenvalue weighted by molar-refractivity contribution is 6.76. The molecule has 3 aromatic rings. The highest BCUT2D eigenvalue weighted by atomic mass is 28.3. The zero-order chi connectivity index (χ0) is 23.6. The van der Waals surface area contributed by atoms with Crippen molar-refractivity contribution in [1.82, 2.24) is 29.6 Å². The number of carbonyl (C=O) groups is 1. The minimum Gasteiger partial charge on any atom is -0.465 e. The third-order valence-electron chi connectivity index (χ3n) is 5.61. The number of rotatable bonds is 10. The summed E-state index contributed by atoms with van der Waals surface area (Å²) in [7, 11) is 0.696. The molecule has 1 amide bonds. The van der Waals surface area contributed by atoms with Gasteiger partial charge in [-0.25, -0.2) is 4.79 Å². The average Bonchev–Trinajstić information content (AvgIpc) is 3.28. The van der Waals surface area contributed by atoms with Gasteiger partial charge in [0.25, 0.3) is 0 Å². The first-order chi connectivity index (χ1) is 15.7. The number of anilines is 3. The number of hydrogen-bond acceptors (Lipinski definition) is 7. The molecule has 178 valence electrons. The summed E-state index contributed by atoms with van der Waals surface area (Å²) in [6.07, 6.45) is 5.97. The molecule has 0 radical (unpaired) electrons. The molecule has 0 unspecified atom stereocenters. The summed E-state index contributed by atoms with van der Waals surface area (Å²) >= 11 is 0. The lowest BCUT2D eigenvalue weighted by atomic mass is 9.87. The summed E-state index contributed by atoms with van der Waals surface area (Å²) in [4.78, 5) is 20.3. The first-order valence-corrected chi connectivity index (χ1v) is 14.8.